The number of aromatic nitrogens is 3. The van der Waals surface area contributed by atoms with Gasteiger partial charge < -0.3 is 9.52 Å². The van der Waals surface area contributed by atoms with E-state index in [1.807, 2.05) is 85.1 Å². The monoisotopic (exact) mass is 1190 g/mol. The van der Waals surface area contributed by atoms with Gasteiger partial charge in [0.25, 0.3) is 0 Å². The summed E-state index contributed by atoms with van der Waals surface area (Å²) in [5.41, 5.74) is 14.0. The topological polar surface area (TPSA) is 76.1 Å². The summed E-state index contributed by atoms with van der Waals surface area (Å²) in [5.74, 6) is 0.0445. The number of H-pyrrole nitrogens is 1. The third-order valence-electron chi connectivity index (χ3n) is 17.9. The van der Waals surface area contributed by atoms with Gasteiger partial charge in [0.05, 0.1) is 23.5 Å². The standard InChI is InChI=1S/C44H26N2O.C34H22.C9H7NO.Li/c1-2-11-27(12-3-1)39-31-14-4-6-16-33(31)40(34-17-7-5-15-32(34)39)28-20-22-29(23-21-28)42-36-25-24-35-30-13-8-9-19-38(30)47-44(35)41(36)43-37(46-42)18-10-26-45-43;1-2-12-23(13-3-1)33-28-18-8-10-20-30(28)34(31-21-11-9-19-29(31)33)32-22-24-14-4-5-15-25(24)26-16-6-7-17-27(26)32;11-8-5-1-3-7-4-2-6-10-9(7)8;/h1-26H;1-22H;1-6,11H;/q;;;+1/i;1D,2D,3D,12D,13D;;. The van der Waals surface area contributed by atoms with Gasteiger partial charge in [-0.15, -0.1) is 0 Å². The average Bonchev–Trinajstić information content (AvgIpc) is 1.59. The molecule has 0 amide bonds. The predicted octanol–water partition coefficient (Wildman–Crippen LogP) is 19.4. The predicted molar refractivity (Wildman–Crippen MR) is 383 cm³/mol. The number of aromatic amines is 1. The molecule has 0 atom stereocenters. The Morgan fingerprint density at radius 1 is 0.366 bits per heavy atom. The molecule has 15 aromatic carbocycles. The summed E-state index contributed by atoms with van der Waals surface area (Å²) in [6.45, 7) is 0. The van der Waals surface area contributed by atoms with Crippen LogP contribution in [0.2, 0.25) is 0 Å². The molecule has 430 valence electrons. The molecule has 0 bridgehead atoms. The van der Waals surface area contributed by atoms with Gasteiger partial charge in [-0.3, -0.25) is 4.98 Å². The molecular weight excluding hydrogens is 1130 g/mol. The van der Waals surface area contributed by atoms with Crippen molar-refractivity contribution in [1.29, 1.82) is 0 Å². The maximum absolute atomic E-state index is 11.1. The van der Waals surface area contributed by atoms with Crippen molar-refractivity contribution >= 4 is 119 Å². The van der Waals surface area contributed by atoms with Crippen LogP contribution in [0, 0.1) is 0 Å². The van der Waals surface area contributed by atoms with Crippen LogP contribution in [-0.4, -0.2) is 9.97 Å². The SMILES string of the molecule is [2H]c1c([2H])c([2H])c(-c2c3ccccc3c(-c3cc4ccccc4c4ccccc34)c3ccccc23)c([2H])c1[2H].[Li+].[O-]c1cccc2ccc[nH+]c12.c1ccc(-c2c3ccccc3c(-c3ccc(-c4nc5cccnc5c5c4ccc4c6ccccc6oc45)cc3)c3ccccc23)cc1. The third kappa shape index (κ3) is 9.78. The number of nitrogens with zero attached hydrogens (tertiary/aromatic N) is 2. The molecule has 0 unspecified atom stereocenters. The van der Waals surface area contributed by atoms with Crippen molar-refractivity contribution < 1.29 is 40.2 Å². The molecule has 0 saturated carbocycles. The number of nitrogens with one attached hydrogen (secondary N) is 1. The minimum Gasteiger partial charge on any atom is -0.868 e. The van der Waals surface area contributed by atoms with Gasteiger partial charge >= 0.3 is 18.9 Å². The average molecular weight is 1190 g/mol. The number of hydrogen-bond donors (Lipinski definition) is 0. The number of para-hydroxylation sites is 2. The summed E-state index contributed by atoms with van der Waals surface area (Å²) in [7, 11) is 0. The van der Waals surface area contributed by atoms with E-state index in [2.05, 4.69) is 199 Å². The molecule has 0 fully saturated rings. The molecule has 0 saturated heterocycles. The van der Waals surface area contributed by atoms with E-state index in [-0.39, 0.29) is 60.4 Å². The molecule has 0 aliphatic heterocycles. The molecular formula is C87H55LiN3O2+. The van der Waals surface area contributed by atoms with Gasteiger partial charge in [0, 0.05) is 39.4 Å². The number of fused-ring (bicyclic) bond motifs is 15. The number of pyridine rings is 3. The molecule has 0 aliphatic carbocycles. The number of benzene rings is 15. The Morgan fingerprint density at radius 3 is 1.49 bits per heavy atom. The molecule has 93 heavy (non-hydrogen) atoms. The molecule has 19 aromatic rings. The number of hydrogen-bond acceptors (Lipinski definition) is 4. The molecule has 19 rings (SSSR count). The minimum atomic E-state index is -0.387. The van der Waals surface area contributed by atoms with Crippen molar-refractivity contribution in [3.63, 3.8) is 0 Å². The van der Waals surface area contributed by atoms with Gasteiger partial charge in [-0.25, -0.2) is 9.97 Å². The molecule has 0 aliphatic rings. The largest absolute Gasteiger partial charge is 1.00 e. The van der Waals surface area contributed by atoms with Crippen LogP contribution in [0.1, 0.15) is 6.85 Å². The molecule has 0 radical (unpaired) electrons. The second kappa shape index (κ2) is 23.9. The summed E-state index contributed by atoms with van der Waals surface area (Å²) >= 11 is 0. The summed E-state index contributed by atoms with van der Waals surface area (Å²) in [6.07, 6.45) is 3.58. The third-order valence-corrected chi connectivity index (χ3v) is 17.9. The van der Waals surface area contributed by atoms with Gasteiger partial charge in [0.15, 0.2) is 6.20 Å². The van der Waals surface area contributed by atoms with Crippen LogP contribution in [-0.2, 0) is 0 Å². The van der Waals surface area contributed by atoms with Crippen molar-refractivity contribution in [3.05, 3.63) is 328 Å². The van der Waals surface area contributed by atoms with Crippen LogP contribution in [0.3, 0.4) is 0 Å². The van der Waals surface area contributed by atoms with Crippen LogP contribution in [0.5, 0.6) is 5.75 Å². The Hall–Kier alpha value is -11.7. The van der Waals surface area contributed by atoms with Gasteiger partial charge in [0.2, 0.25) is 5.52 Å². The molecule has 5 nitrogen and oxygen atoms in total. The Morgan fingerprint density at radius 2 is 0.860 bits per heavy atom. The fraction of sp³-hybridized carbons (Fsp3) is 0. The van der Waals surface area contributed by atoms with Crippen molar-refractivity contribution in [1.82, 2.24) is 9.97 Å². The maximum Gasteiger partial charge on any atom is 1.00 e. The summed E-state index contributed by atoms with van der Waals surface area (Å²) in [5, 5.41) is 29.6. The second-order valence-corrected chi connectivity index (χ2v) is 23.0. The van der Waals surface area contributed by atoms with E-state index >= 15 is 0 Å². The zero-order valence-electron chi connectivity index (χ0n) is 55.5. The van der Waals surface area contributed by atoms with Gasteiger partial charge in [-0.1, -0.05) is 267 Å². The van der Waals surface area contributed by atoms with E-state index in [0.29, 0.717) is 11.1 Å². The first-order chi connectivity index (χ1) is 47.7. The summed E-state index contributed by atoms with van der Waals surface area (Å²) in [6, 6.07) is 96.4. The van der Waals surface area contributed by atoms with E-state index < -0.39 is 0 Å². The Labute approximate surface area is 555 Å². The fourth-order valence-corrected chi connectivity index (χ4v) is 13.9. The van der Waals surface area contributed by atoms with Crippen LogP contribution < -0.4 is 29.0 Å². The minimum absolute atomic E-state index is 0. The van der Waals surface area contributed by atoms with Crippen molar-refractivity contribution in [2.24, 2.45) is 0 Å². The van der Waals surface area contributed by atoms with Gasteiger partial charge in [-0.2, -0.15) is 0 Å². The number of furan rings is 1. The summed E-state index contributed by atoms with van der Waals surface area (Å²) in [4.78, 5) is 12.9. The first-order valence-electron chi connectivity index (χ1n) is 33.2. The van der Waals surface area contributed by atoms with Crippen molar-refractivity contribution in [3.8, 4) is 61.5 Å². The van der Waals surface area contributed by atoms with E-state index in [4.69, 9.17) is 21.2 Å². The van der Waals surface area contributed by atoms with Crippen molar-refractivity contribution in [2.45, 2.75) is 0 Å². The molecule has 0 spiro atoms. The van der Waals surface area contributed by atoms with Crippen LogP contribution in [0.15, 0.2) is 332 Å². The van der Waals surface area contributed by atoms with E-state index in [0.717, 1.165) is 104 Å². The first-order valence-corrected chi connectivity index (χ1v) is 30.7. The summed E-state index contributed by atoms with van der Waals surface area (Å²) < 4.78 is 48.8. The maximum atomic E-state index is 11.1. The second-order valence-electron chi connectivity index (χ2n) is 23.0. The quantitative estimate of drug-likeness (QED) is 0.0977. The molecule has 4 aromatic heterocycles. The zero-order valence-corrected chi connectivity index (χ0v) is 50.5. The van der Waals surface area contributed by atoms with Gasteiger partial charge in [-0.05, 0) is 157 Å². The van der Waals surface area contributed by atoms with Crippen LogP contribution in [0.4, 0.5) is 0 Å². The normalized spacial score (nSPS) is 12.2. The van der Waals surface area contributed by atoms with Gasteiger partial charge in [0.1, 0.15) is 16.7 Å². The smallest absolute Gasteiger partial charge is 0.868 e. The van der Waals surface area contributed by atoms with E-state index in [1.165, 1.54) is 54.6 Å². The zero-order chi connectivity index (χ0) is 65.4. The Bertz CT molecular complexity index is 6270. The Kier molecular flexibility index (Phi) is 13.1. The number of rotatable bonds is 5. The van der Waals surface area contributed by atoms with E-state index in [1.54, 1.807) is 18.3 Å². The van der Waals surface area contributed by atoms with Crippen LogP contribution >= 0.6 is 0 Å². The van der Waals surface area contributed by atoms with Crippen LogP contribution in [0.25, 0.3) is 175 Å². The van der Waals surface area contributed by atoms with Crippen molar-refractivity contribution in [2.75, 3.05) is 0 Å². The molecule has 6 heteroatoms. The van der Waals surface area contributed by atoms with E-state index in [9.17, 15) is 5.11 Å². The fourth-order valence-electron chi connectivity index (χ4n) is 13.9. The molecule has 1 N–H and O–H groups in total. The molecule has 4 heterocycles. The first kappa shape index (κ1) is 51.1. The Balaban J connectivity index is 0.000000133.